The maximum Gasteiger partial charge on any atom is 0.257 e. The monoisotopic (exact) mass is 347 g/mol. The number of Topliss-reactive ketones (excluding diaryl/α,β-unsaturated/α-hetero) is 1. The smallest absolute Gasteiger partial charge is 0.257 e. The molecular formula is C20H29NO4. The van der Waals surface area contributed by atoms with Gasteiger partial charge in [-0.3, -0.25) is 9.59 Å². The molecule has 1 fully saturated rings. The van der Waals surface area contributed by atoms with Crippen LogP contribution in [0.4, 0.5) is 0 Å². The van der Waals surface area contributed by atoms with Crippen LogP contribution in [0.3, 0.4) is 0 Å². The van der Waals surface area contributed by atoms with Gasteiger partial charge in [-0.05, 0) is 49.8 Å². The summed E-state index contributed by atoms with van der Waals surface area (Å²) in [7, 11) is 1.51. The first-order valence-corrected chi connectivity index (χ1v) is 9.08. The molecule has 1 N–H and O–H groups in total. The first kappa shape index (κ1) is 19.3. The molecule has 1 aromatic rings. The number of hydrogen-bond acceptors (Lipinski definition) is 4. The van der Waals surface area contributed by atoms with E-state index >= 15 is 0 Å². The molecule has 0 heterocycles. The fraction of sp³-hybridized carbons (Fsp3) is 0.600. The summed E-state index contributed by atoms with van der Waals surface area (Å²) in [5.41, 5.74) is 0.796. The third-order valence-corrected chi connectivity index (χ3v) is 5.25. The Balaban J connectivity index is 1.88. The third kappa shape index (κ3) is 5.21. The zero-order chi connectivity index (χ0) is 18.3. The molecule has 0 saturated heterocycles. The van der Waals surface area contributed by atoms with Crippen molar-refractivity contribution in [2.75, 3.05) is 20.3 Å². The van der Waals surface area contributed by atoms with Gasteiger partial charge in [0.25, 0.3) is 5.91 Å². The summed E-state index contributed by atoms with van der Waals surface area (Å²) in [6.07, 6.45) is 7.26. The van der Waals surface area contributed by atoms with Crippen LogP contribution in [-0.2, 0) is 4.79 Å². The SMILES string of the molecule is CCC1(CNC(=O)COc2ccc(C(C)=O)cc2OC)CCCCC1. The van der Waals surface area contributed by atoms with Crippen molar-refractivity contribution in [3.63, 3.8) is 0 Å². The highest BCUT2D eigenvalue weighted by atomic mass is 16.5. The van der Waals surface area contributed by atoms with Gasteiger partial charge in [-0.15, -0.1) is 0 Å². The van der Waals surface area contributed by atoms with E-state index in [-0.39, 0.29) is 23.7 Å². The standard InChI is InChI=1S/C20H29NO4/c1-4-20(10-6-5-7-11-20)14-21-19(23)13-25-17-9-8-16(15(2)22)12-18(17)24-3/h8-9,12H,4-7,10-11,13-14H2,1-3H3,(H,21,23). The van der Waals surface area contributed by atoms with Crippen molar-refractivity contribution in [2.45, 2.75) is 52.4 Å². The molecule has 1 aromatic carbocycles. The molecule has 138 valence electrons. The second-order valence-corrected chi connectivity index (χ2v) is 6.90. The molecule has 5 heteroatoms. The molecule has 0 aromatic heterocycles. The van der Waals surface area contributed by atoms with Crippen LogP contribution in [0.5, 0.6) is 11.5 Å². The lowest BCUT2D eigenvalue weighted by atomic mass is 9.72. The highest BCUT2D eigenvalue weighted by Crippen LogP contribution is 2.38. The molecule has 0 unspecified atom stereocenters. The summed E-state index contributed by atoms with van der Waals surface area (Å²) >= 11 is 0. The molecule has 5 nitrogen and oxygen atoms in total. The molecule has 2 rings (SSSR count). The van der Waals surface area contributed by atoms with Crippen LogP contribution in [0.25, 0.3) is 0 Å². The van der Waals surface area contributed by atoms with Gasteiger partial charge in [-0.2, -0.15) is 0 Å². The summed E-state index contributed by atoms with van der Waals surface area (Å²) in [4.78, 5) is 23.6. The quantitative estimate of drug-likeness (QED) is 0.727. The van der Waals surface area contributed by atoms with Gasteiger partial charge in [0.15, 0.2) is 23.9 Å². The average Bonchev–Trinajstić information content (AvgIpc) is 2.65. The lowest BCUT2D eigenvalue weighted by molar-refractivity contribution is -0.123. The Hall–Kier alpha value is -2.04. The highest BCUT2D eigenvalue weighted by molar-refractivity contribution is 5.94. The van der Waals surface area contributed by atoms with Gasteiger partial charge < -0.3 is 14.8 Å². The zero-order valence-corrected chi connectivity index (χ0v) is 15.5. The molecule has 0 atom stereocenters. The van der Waals surface area contributed by atoms with E-state index in [2.05, 4.69) is 12.2 Å². The summed E-state index contributed by atoms with van der Waals surface area (Å²) in [6, 6.07) is 4.97. The van der Waals surface area contributed by atoms with E-state index in [1.165, 1.54) is 46.1 Å². The van der Waals surface area contributed by atoms with Crippen LogP contribution in [0, 0.1) is 5.41 Å². The maximum atomic E-state index is 12.2. The van der Waals surface area contributed by atoms with Crippen molar-refractivity contribution in [3.05, 3.63) is 23.8 Å². The van der Waals surface area contributed by atoms with Crippen LogP contribution in [0.15, 0.2) is 18.2 Å². The summed E-state index contributed by atoms with van der Waals surface area (Å²) < 4.78 is 10.8. The number of ketones is 1. The second-order valence-electron chi connectivity index (χ2n) is 6.90. The van der Waals surface area contributed by atoms with E-state index < -0.39 is 0 Å². The molecule has 25 heavy (non-hydrogen) atoms. The van der Waals surface area contributed by atoms with Crippen molar-refractivity contribution in [2.24, 2.45) is 5.41 Å². The minimum Gasteiger partial charge on any atom is -0.493 e. The number of methoxy groups -OCH3 is 1. The Bertz CT molecular complexity index is 606. The fourth-order valence-electron chi connectivity index (χ4n) is 3.44. The van der Waals surface area contributed by atoms with Gasteiger partial charge in [0, 0.05) is 12.1 Å². The van der Waals surface area contributed by atoms with E-state index in [1.54, 1.807) is 18.2 Å². The van der Waals surface area contributed by atoms with Crippen molar-refractivity contribution >= 4 is 11.7 Å². The molecule has 1 amide bonds. The van der Waals surface area contributed by atoms with Crippen LogP contribution < -0.4 is 14.8 Å². The lowest BCUT2D eigenvalue weighted by Gasteiger charge is -2.36. The molecular weight excluding hydrogens is 318 g/mol. The van der Waals surface area contributed by atoms with Crippen molar-refractivity contribution < 1.29 is 19.1 Å². The molecule has 1 aliphatic rings. The van der Waals surface area contributed by atoms with Crippen LogP contribution >= 0.6 is 0 Å². The predicted molar refractivity (Wildman–Crippen MR) is 97.3 cm³/mol. The minimum absolute atomic E-state index is 0.0417. The predicted octanol–water partition coefficient (Wildman–Crippen LogP) is 3.75. The summed E-state index contributed by atoms with van der Waals surface area (Å²) in [6.45, 7) is 4.36. The molecule has 1 saturated carbocycles. The third-order valence-electron chi connectivity index (χ3n) is 5.25. The zero-order valence-electron chi connectivity index (χ0n) is 15.5. The minimum atomic E-state index is -0.129. The number of nitrogens with one attached hydrogen (secondary N) is 1. The Kier molecular flexibility index (Phi) is 6.85. The number of hydrogen-bond donors (Lipinski definition) is 1. The number of benzene rings is 1. The van der Waals surface area contributed by atoms with Crippen LogP contribution in [-0.4, -0.2) is 32.0 Å². The van der Waals surface area contributed by atoms with Gasteiger partial charge in [0.05, 0.1) is 7.11 Å². The van der Waals surface area contributed by atoms with E-state index in [9.17, 15) is 9.59 Å². The normalized spacial score (nSPS) is 16.1. The van der Waals surface area contributed by atoms with Gasteiger partial charge in [-0.1, -0.05) is 26.2 Å². The number of carbonyl (C=O) groups excluding carboxylic acids is 2. The number of ether oxygens (including phenoxy) is 2. The van der Waals surface area contributed by atoms with Gasteiger partial charge >= 0.3 is 0 Å². The molecule has 0 bridgehead atoms. The molecule has 0 radical (unpaired) electrons. The van der Waals surface area contributed by atoms with E-state index in [4.69, 9.17) is 9.47 Å². The van der Waals surface area contributed by atoms with Crippen molar-refractivity contribution in [1.29, 1.82) is 0 Å². The van der Waals surface area contributed by atoms with Crippen LogP contribution in [0.2, 0.25) is 0 Å². The van der Waals surface area contributed by atoms with Gasteiger partial charge in [0.2, 0.25) is 0 Å². The summed E-state index contributed by atoms with van der Waals surface area (Å²) in [5.74, 6) is 0.749. The summed E-state index contributed by atoms with van der Waals surface area (Å²) in [5, 5.41) is 3.02. The molecule has 0 aliphatic heterocycles. The maximum absolute atomic E-state index is 12.2. The average molecular weight is 347 g/mol. The fourth-order valence-corrected chi connectivity index (χ4v) is 3.44. The Labute approximate surface area is 150 Å². The van der Waals surface area contributed by atoms with Gasteiger partial charge in [0.1, 0.15) is 0 Å². The largest absolute Gasteiger partial charge is 0.493 e. The molecule has 0 spiro atoms. The van der Waals surface area contributed by atoms with E-state index in [0.29, 0.717) is 23.6 Å². The van der Waals surface area contributed by atoms with Crippen LogP contribution in [0.1, 0.15) is 62.7 Å². The second kappa shape index (κ2) is 8.88. The number of amides is 1. The number of rotatable bonds is 8. The Morgan fingerprint density at radius 1 is 1.16 bits per heavy atom. The lowest BCUT2D eigenvalue weighted by Crippen LogP contribution is -2.40. The van der Waals surface area contributed by atoms with Gasteiger partial charge in [-0.25, -0.2) is 0 Å². The topological polar surface area (TPSA) is 64.6 Å². The number of carbonyl (C=O) groups is 2. The molecule has 1 aliphatic carbocycles. The van der Waals surface area contributed by atoms with E-state index in [1.807, 2.05) is 0 Å². The van der Waals surface area contributed by atoms with E-state index in [0.717, 1.165) is 6.42 Å². The Morgan fingerprint density at radius 2 is 1.88 bits per heavy atom. The first-order chi connectivity index (χ1) is 12.0. The first-order valence-electron chi connectivity index (χ1n) is 9.08. The van der Waals surface area contributed by atoms with Crippen molar-refractivity contribution in [3.8, 4) is 11.5 Å². The highest BCUT2D eigenvalue weighted by Gasteiger charge is 2.30. The Morgan fingerprint density at radius 3 is 2.48 bits per heavy atom. The van der Waals surface area contributed by atoms with Crippen molar-refractivity contribution in [1.82, 2.24) is 5.32 Å².